The van der Waals surface area contributed by atoms with Crippen LogP contribution >= 0.6 is 11.6 Å². The van der Waals surface area contributed by atoms with E-state index in [9.17, 15) is 19.5 Å². The predicted molar refractivity (Wildman–Crippen MR) is 133 cm³/mol. The number of carboxylic acid groups (broad SMARTS) is 1. The highest BCUT2D eigenvalue weighted by atomic mass is 35.5. The Morgan fingerprint density at radius 1 is 1.00 bits per heavy atom. The zero-order valence-electron chi connectivity index (χ0n) is 19.0. The molecule has 0 bridgehead atoms. The summed E-state index contributed by atoms with van der Waals surface area (Å²) in [7, 11) is 0. The number of nitrogens with zero attached hydrogens (tertiary/aromatic N) is 1. The highest BCUT2D eigenvalue weighted by Crippen LogP contribution is 2.29. The molecule has 2 atom stereocenters. The highest BCUT2D eigenvalue weighted by molar-refractivity contribution is 6.33. The molecule has 0 spiro atoms. The Morgan fingerprint density at radius 2 is 1.66 bits per heavy atom. The topological polar surface area (TPSA) is 119 Å². The first-order valence-electron chi connectivity index (χ1n) is 10.9. The van der Waals surface area contributed by atoms with E-state index >= 15 is 0 Å². The second-order valence-corrected chi connectivity index (χ2v) is 8.43. The summed E-state index contributed by atoms with van der Waals surface area (Å²) in [5.74, 6) is -1.96. The zero-order chi connectivity index (χ0) is 25.4. The van der Waals surface area contributed by atoms with Crippen LogP contribution < -0.4 is 10.6 Å². The minimum Gasteiger partial charge on any atom is -0.478 e. The fourth-order valence-electron chi connectivity index (χ4n) is 3.67. The molecule has 3 aromatic rings. The van der Waals surface area contributed by atoms with Crippen LogP contribution in [0.25, 0.3) is 11.1 Å². The largest absolute Gasteiger partial charge is 0.478 e. The second-order valence-electron chi connectivity index (χ2n) is 8.03. The van der Waals surface area contributed by atoms with Crippen molar-refractivity contribution in [2.24, 2.45) is 0 Å². The number of carbonyl (C=O) groups excluding carboxylic acids is 2. The number of nitriles is 1. The lowest BCUT2D eigenvalue weighted by atomic mass is 9.93. The average Bonchev–Trinajstić information content (AvgIpc) is 2.87. The molecular formula is C27H24ClN3O4. The van der Waals surface area contributed by atoms with E-state index in [1.165, 1.54) is 18.2 Å². The molecule has 2 amide bonds. The third kappa shape index (κ3) is 6.69. The van der Waals surface area contributed by atoms with Crippen LogP contribution in [0.5, 0.6) is 0 Å². The van der Waals surface area contributed by atoms with Gasteiger partial charge in [-0.05, 0) is 53.8 Å². The Balaban J connectivity index is 1.78. The number of carbonyl (C=O) groups is 3. The fraction of sp³-hybridized carbons (Fsp3) is 0.185. The molecule has 0 radical (unpaired) electrons. The van der Waals surface area contributed by atoms with Gasteiger partial charge in [0.25, 0.3) is 5.91 Å². The molecule has 0 aliphatic rings. The molecule has 0 heterocycles. The lowest BCUT2D eigenvalue weighted by molar-refractivity contribution is -0.123. The monoisotopic (exact) mass is 489 g/mol. The predicted octanol–water partition coefficient (Wildman–Crippen LogP) is 4.64. The summed E-state index contributed by atoms with van der Waals surface area (Å²) in [5, 5.41) is 23.7. The summed E-state index contributed by atoms with van der Waals surface area (Å²) >= 11 is 6.24. The first-order valence-corrected chi connectivity index (χ1v) is 11.3. The molecule has 178 valence electrons. The van der Waals surface area contributed by atoms with Crippen LogP contribution in [0.3, 0.4) is 0 Å². The minimum absolute atomic E-state index is 0.0136. The van der Waals surface area contributed by atoms with Gasteiger partial charge in [-0.2, -0.15) is 5.26 Å². The van der Waals surface area contributed by atoms with Crippen LogP contribution in [-0.2, 0) is 4.79 Å². The standard InChI is InChI=1S/C27H24ClN3O4/c1-17(18-5-3-2-4-6-18)15-24(26(33)30-14-13-29)31-25(32)20-9-7-19(8-10-20)22-16-21(27(34)35)11-12-23(22)28/h2-12,16-17,24H,14-15H2,1H3,(H,30,33)(H,31,32)(H,34,35)/t17-,24-/m0/s1. The van der Waals surface area contributed by atoms with E-state index in [1.807, 2.05) is 43.3 Å². The first-order chi connectivity index (χ1) is 16.8. The van der Waals surface area contributed by atoms with Crippen LogP contribution in [0, 0.1) is 11.3 Å². The molecule has 0 aliphatic heterocycles. The van der Waals surface area contributed by atoms with Gasteiger partial charge in [0.05, 0.1) is 11.6 Å². The normalized spacial score (nSPS) is 12.1. The first kappa shape index (κ1) is 25.5. The van der Waals surface area contributed by atoms with Gasteiger partial charge in [0.1, 0.15) is 12.6 Å². The smallest absolute Gasteiger partial charge is 0.335 e. The van der Waals surface area contributed by atoms with E-state index in [-0.39, 0.29) is 18.0 Å². The van der Waals surface area contributed by atoms with Crippen LogP contribution in [0.4, 0.5) is 0 Å². The second kappa shape index (κ2) is 11.8. The van der Waals surface area contributed by atoms with E-state index in [4.69, 9.17) is 16.9 Å². The molecule has 7 nitrogen and oxygen atoms in total. The summed E-state index contributed by atoms with van der Waals surface area (Å²) in [5.41, 5.74) is 2.64. The number of hydrogen-bond acceptors (Lipinski definition) is 4. The Hall–Kier alpha value is -4.15. The number of rotatable bonds is 9. The van der Waals surface area contributed by atoms with Crippen LogP contribution in [0.15, 0.2) is 72.8 Å². The van der Waals surface area contributed by atoms with Crippen LogP contribution in [0.1, 0.15) is 45.5 Å². The van der Waals surface area contributed by atoms with Crippen LogP contribution in [0.2, 0.25) is 5.02 Å². The molecule has 8 heteroatoms. The molecule has 0 saturated heterocycles. The van der Waals surface area contributed by atoms with Gasteiger partial charge in [0, 0.05) is 16.1 Å². The lowest BCUT2D eigenvalue weighted by Crippen LogP contribution is -2.47. The maximum Gasteiger partial charge on any atom is 0.335 e. The molecule has 3 rings (SSSR count). The van der Waals surface area contributed by atoms with E-state index in [1.54, 1.807) is 24.3 Å². The van der Waals surface area contributed by atoms with Gasteiger partial charge in [0.15, 0.2) is 0 Å². The number of benzene rings is 3. The van der Waals surface area contributed by atoms with E-state index < -0.39 is 23.8 Å². The lowest BCUT2D eigenvalue weighted by Gasteiger charge is -2.22. The molecule has 0 saturated carbocycles. The van der Waals surface area contributed by atoms with Crippen molar-refractivity contribution in [3.05, 3.63) is 94.5 Å². The summed E-state index contributed by atoms with van der Waals surface area (Å²) in [6, 6.07) is 21.6. The zero-order valence-corrected chi connectivity index (χ0v) is 19.8. The fourth-order valence-corrected chi connectivity index (χ4v) is 3.90. The molecule has 0 unspecified atom stereocenters. The average molecular weight is 490 g/mol. The third-order valence-corrected chi connectivity index (χ3v) is 5.92. The third-order valence-electron chi connectivity index (χ3n) is 5.59. The molecule has 0 aliphatic carbocycles. The Kier molecular flexibility index (Phi) is 8.60. The van der Waals surface area contributed by atoms with Gasteiger partial charge in [-0.15, -0.1) is 0 Å². The van der Waals surface area contributed by atoms with E-state index in [0.717, 1.165) is 5.56 Å². The Morgan fingerprint density at radius 3 is 2.29 bits per heavy atom. The molecule has 0 aromatic heterocycles. The number of nitrogens with one attached hydrogen (secondary N) is 2. The van der Waals surface area contributed by atoms with Crippen molar-refractivity contribution in [3.8, 4) is 17.2 Å². The summed E-state index contributed by atoms with van der Waals surface area (Å²) in [4.78, 5) is 36.9. The molecule has 35 heavy (non-hydrogen) atoms. The molecule has 0 fully saturated rings. The van der Waals surface area contributed by atoms with Gasteiger partial charge < -0.3 is 15.7 Å². The number of amides is 2. The number of halogens is 1. The van der Waals surface area contributed by atoms with E-state index in [2.05, 4.69) is 10.6 Å². The van der Waals surface area contributed by atoms with Crippen molar-refractivity contribution in [3.63, 3.8) is 0 Å². The molecule has 3 N–H and O–H groups in total. The Labute approximate surface area is 208 Å². The number of aromatic carboxylic acids is 1. The van der Waals surface area contributed by atoms with Crippen molar-refractivity contribution < 1.29 is 19.5 Å². The van der Waals surface area contributed by atoms with Crippen molar-refractivity contribution >= 4 is 29.4 Å². The van der Waals surface area contributed by atoms with E-state index in [0.29, 0.717) is 28.1 Å². The van der Waals surface area contributed by atoms with Crippen molar-refractivity contribution in [1.29, 1.82) is 5.26 Å². The minimum atomic E-state index is -1.07. The van der Waals surface area contributed by atoms with Gasteiger partial charge in [-0.3, -0.25) is 9.59 Å². The molecular weight excluding hydrogens is 466 g/mol. The number of carboxylic acids is 1. The summed E-state index contributed by atoms with van der Waals surface area (Å²) < 4.78 is 0. The SMILES string of the molecule is C[C@@H](C[C@H](NC(=O)c1ccc(-c2cc(C(=O)O)ccc2Cl)cc1)C(=O)NCC#N)c1ccccc1. The summed E-state index contributed by atoms with van der Waals surface area (Å²) in [6.07, 6.45) is 0.350. The van der Waals surface area contributed by atoms with Crippen LogP contribution in [-0.4, -0.2) is 35.5 Å². The number of hydrogen-bond donors (Lipinski definition) is 3. The van der Waals surface area contributed by atoms with Gasteiger partial charge in [0.2, 0.25) is 5.91 Å². The van der Waals surface area contributed by atoms with Crippen molar-refractivity contribution in [2.75, 3.05) is 6.54 Å². The summed E-state index contributed by atoms with van der Waals surface area (Å²) in [6.45, 7) is 1.81. The molecule has 3 aromatic carbocycles. The quantitative estimate of drug-likeness (QED) is 0.378. The van der Waals surface area contributed by atoms with Crippen molar-refractivity contribution in [1.82, 2.24) is 10.6 Å². The Bertz CT molecular complexity index is 1250. The van der Waals surface area contributed by atoms with Gasteiger partial charge >= 0.3 is 5.97 Å². The maximum absolute atomic E-state index is 12.9. The van der Waals surface area contributed by atoms with Gasteiger partial charge in [-0.1, -0.05) is 61.0 Å². The highest BCUT2D eigenvalue weighted by Gasteiger charge is 2.24. The maximum atomic E-state index is 12.9. The van der Waals surface area contributed by atoms with Crippen molar-refractivity contribution in [2.45, 2.75) is 25.3 Å². The van der Waals surface area contributed by atoms with Gasteiger partial charge in [-0.25, -0.2) is 4.79 Å².